The first-order chi connectivity index (χ1) is 8.29. The molecule has 0 saturated carbocycles. The fourth-order valence-corrected chi connectivity index (χ4v) is 2.10. The molecule has 5 nitrogen and oxygen atoms in total. The van der Waals surface area contributed by atoms with Crippen LogP contribution in [-0.4, -0.2) is 52.7 Å². The molecule has 1 saturated heterocycles. The minimum absolute atomic E-state index is 0.830. The van der Waals surface area contributed by atoms with Gasteiger partial charge in [0.15, 0.2) is 0 Å². The number of hydrazine groups is 1. The maximum Gasteiger partial charge on any atom is 0.124 e. The minimum atomic E-state index is 0.830. The molecule has 0 spiro atoms. The van der Waals surface area contributed by atoms with E-state index in [4.69, 9.17) is 0 Å². The van der Waals surface area contributed by atoms with Crippen LogP contribution in [0.15, 0.2) is 12.4 Å². The highest BCUT2D eigenvalue weighted by atomic mass is 15.5. The Morgan fingerprint density at radius 1 is 1.29 bits per heavy atom. The molecule has 0 amide bonds. The molecule has 0 atom stereocenters. The van der Waals surface area contributed by atoms with Crippen molar-refractivity contribution >= 4 is 0 Å². The van der Waals surface area contributed by atoms with Gasteiger partial charge in [0.1, 0.15) is 5.82 Å². The standard InChI is InChI=1S/C12H23N5/c1-3-5-16-6-4-13-12(16)11-14-17-9-7-15(2)8-10-17/h4,6,14H,3,5,7-11H2,1-2H3. The lowest BCUT2D eigenvalue weighted by Gasteiger charge is -2.32. The average Bonchev–Trinajstić information content (AvgIpc) is 2.77. The highest BCUT2D eigenvalue weighted by Crippen LogP contribution is 2.01. The van der Waals surface area contributed by atoms with E-state index in [1.165, 1.54) is 0 Å². The Hall–Kier alpha value is -0.910. The Morgan fingerprint density at radius 3 is 2.76 bits per heavy atom. The molecule has 2 heterocycles. The number of likely N-dealkylation sites (N-methyl/N-ethyl adjacent to an activating group) is 1. The number of hydrogen-bond acceptors (Lipinski definition) is 4. The van der Waals surface area contributed by atoms with Crippen LogP contribution < -0.4 is 5.43 Å². The van der Waals surface area contributed by atoms with Crippen LogP contribution in [0, 0.1) is 0 Å². The third kappa shape index (κ3) is 3.52. The molecule has 2 rings (SSSR count). The maximum absolute atomic E-state index is 4.40. The molecule has 17 heavy (non-hydrogen) atoms. The SMILES string of the molecule is CCCn1ccnc1CNN1CCN(C)CC1. The number of piperazine rings is 1. The van der Waals surface area contributed by atoms with Crippen molar-refractivity contribution in [2.75, 3.05) is 33.2 Å². The first kappa shape index (κ1) is 12.5. The van der Waals surface area contributed by atoms with E-state index in [1.807, 2.05) is 6.20 Å². The molecule has 0 aromatic carbocycles. The third-order valence-corrected chi connectivity index (χ3v) is 3.23. The molecule has 0 radical (unpaired) electrons. The van der Waals surface area contributed by atoms with Gasteiger partial charge in [0.05, 0.1) is 6.54 Å². The molecular formula is C12H23N5. The van der Waals surface area contributed by atoms with Crippen molar-refractivity contribution in [2.45, 2.75) is 26.4 Å². The smallest absolute Gasteiger partial charge is 0.124 e. The van der Waals surface area contributed by atoms with Gasteiger partial charge in [0.25, 0.3) is 0 Å². The van der Waals surface area contributed by atoms with Crippen LogP contribution >= 0.6 is 0 Å². The lowest BCUT2D eigenvalue weighted by Crippen LogP contribution is -2.50. The summed E-state index contributed by atoms with van der Waals surface area (Å²) in [6.07, 6.45) is 5.10. The number of rotatable bonds is 5. The predicted octanol–water partition coefficient (Wildman–Crippen LogP) is 0.545. The van der Waals surface area contributed by atoms with E-state index in [0.717, 1.165) is 51.5 Å². The fourth-order valence-electron chi connectivity index (χ4n) is 2.10. The third-order valence-electron chi connectivity index (χ3n) is 3.23. The van der Waals surface area contributed by atoms with Gasteiger partial charge in [0.2, 0.25) is 0 Å². The summed E-state index contributed by atoms with van der Waals surface area (Å²) < 4.78 is 2.23. The van der Waals surface area contributed by atoms with E-state index >= 15 is 0 Å². The molecule has 0 aliphatic carbocycles. The summed E-state index contributed by atoms with van der Waals surface area (Å²) in [4.78, 5) is 6.75. The zero-order chi connectivity index (χ0) is 12.1. The summed E-state index contributed by atoms with van der Waals surface area (Å²) in [6.45, 7) is 8.52. The van der Waals surface area contributed by atoms with E-state index in [-0.39, 0.29) is 0 Å². The summed E-state index contributed by atoms with van der Waals surface area (Å²) in [5, 5.41) is 2.30. The lowest BCUT2D eigenvalue weighted by molar-refractivity contribution is 0.100. The Balaban J connectivity index is 1.79. The minimum Gasteiger partial charge on any atom is -0.334 e. The second-order valence-electron chi connectivity index (χ2n) is 4.66. The second kappa shape index (κ2) is 6.14. The highest BCUT2D eigenvalue weighted by Gasteiger charge is 2.13. The highest BCUT2D eigenvalue weighted by molar-refractivity contribution is 4.91. The number of aromatic nitrogens is 2. The summed E-state index contributed by atoms with van der Waals surface area (Å²) in [7, 11) is 2.17. The molecule has 1 fully saturated rings. The fraction of sp³-hybridized carbons (Fsp3) is 0.750. The van der Waals surface area contributed by atoms with E-state index in [1.54, 1.807) is 0 Å². The molecule has 5 heteroatoms. The van der Waals surface area contributed by atoms with Crippen molar-refractivity contribution in [3.63, 3.8) is 0 Å². The first-order valence-electron chi connectivity index (χ1n) is 6.46. The molecular weight excluding hydrogens is 214 g/mol. The zero-order valence-corrected chi connectivity index (χ0v) is 10.9. The van der Waals surface area contributed by atoms with E-state index < -0.39 is 0 Å². The zero-order valence-electron chi connectivity index (χ0n) is 10.9. The van der Waals surface area contributed by atoms with Gasteiger partial charge < -0.3 is 9.47 Å². The number of hydrogen-bond donors (Lipinski definition) is 1. The van der Waals surface area contributed by atoms with Crippen LogP contribution in [0.1, 0.15) is 19.2 Å². The quantitative estimate of drug-likeness (QED) is 0.811. The first-order valence-corrected chi connectivity index (χ1v) is 6.46. The van der Waals surface area contributed by atoms with E-state index in [0.29, 0.717) is 0 Å². The number of aryl methyl sites for hydroxylation is 1. The van der Waals surface area contributed by atoms with Crippen molar-refractivity contribution in [1.82, 2.24) is 24.9 Å². The lowest BCUT2D eigenvalue weighted by atomic mass is 10.4. The van der Waals surface area contributed by atoms with Crippen LogP contribution in [0.4, 0.5) is 0 Å². The van der Waals surface area contributed by atoms with Gasteiger partial charge in [0, 0.05) is 45.1 Å². The van der Waals surface area contributed by atoms with Gasteiger partial charge in [-0.25, -0.2) is 15.4 Å². The van der Waals surface area contributed by atoms with Gasteiger partial charge >= 0.3 is 0 Å². The van der Waals surface area contributed by atoms with Gasteiger partial charge in [-0.15, -0.1) is 0 Å². The maximum atomic E-state index is 4.40. The summed E-state index contributed by atoms with van der Waals surface area (Å²) >= 11 is 0. The molecule has 0 bridgehead atoms. The van der Waals surface area contributed by atoms with Crippen molar-refractivity contribution in [2.24, 2.45) is 0 Å². The topological polar surface area (TPSA) is 36.3 Å². The van der Waals surface area contributed by atoms with Crippen molar-refractivity contribution < 1.29 is 0 Å². The van der Waals surface area contributed by atoms with Gasteiger partial charge in [-0.2, -0.15) is 0 Å². The van der Waals surface area contributed by atoms with Crippen molar-refractivity contribution in [3.8, 4) is 0 Å². The van der Waals surface area contributed by atoms with Crippen LogP contribution in [0.25, 0.3) is 0 Å². The molecule has 1 aromatic heterocycles. The van der Waals surface area contributed by atoms with Crippen LogP contribution in [-0.2, 0) is 13.1 Å². The van der Waals surface area contributed by atoms with Gasteiger partial charge in [-0.3, -0.25) is 0 Å². The second-order valence-corrected chi connectivity index (χ2v) is 4.66. The van der Waals surface area contributed by atoms with Crippen LogP contribution in [0.2, 0.25) is 0 Å². The van der Waals surface area contributed by atoms with Crippen molar-refractivity contribution in [1.29, 1.82) is 0 Å². The van der Waals surface area contributed by atoms with Crippen LogP contribution in [0.5, 0.6) is 0 Å². The Bertz CT molecular complexity index is 327. The number of nitrogens with zero attached hydrogens (tertiary/aromatic N) is 4. The Kier molecular flexibility index (Phi) is 4.53. The molecule has 96 valence electrons. The van der Waals surface area contributed by atoms with E-state index in [9.17, 15) is 0 Å². The molecule has 1 aromatic rings. The summed E-state index contributed by atoms with van der Waals surface area (Å²) in [6, 6.07) is 0. The van der Waals surface area contributed by atoms with Crippen LogP contribution in [0.3, 0.4) is 0 Å². The molecule has 1 aliphatic heterocycles. The molecule has 1 N–H and O–H groups in total. The number of imidazole rings is 1. The Labute approximate surface area is 103 Å². The molecule has 0 unspecified atom stereocenters. The number of nitrogens with one attached hydrogen (secondary N) is 1. The average molecular weight is 237 g/mol. The summed E-state index contributed by atoms with van der Waals surface area (Å²) in [5.41, 5.74) is 3.47. The molecule has 1 aliphatic rings. The monoisotopic (exact) mass is 237 g/mol. The summed E-state index contributed by atoms with van der Waals surface area (Å²) in [5.74, 6) is 1.13. The van der Waals surface area contributed by atoms with Gasteiger partial charge in [-0.05, 0) is 13.5 Å². The van der Waals surface area contributed by atoms with Crippen molar-refractivity contribution in [3.05, 3.63) is 18.2 Å². The largest absolute Gasteiger partial charge is 0.334 e. The Morgan fingerprint density at radius 2 is 2.06 bits per heavy atom. The van der Waals surface area contributed by atoms with Gasteiger partial charge in [-0.1, -0.05) is 6.92 Å². The van der Waals surface area contributed by atoms with E-state index in [2.05, 4.69) is 45.1 Å². The normalized spacial score (nSPS) is 18.7. The predicted molar refractivity (Wildman–Crippen MR) is 68.4 cm³/mol.